The monoisotopic (exact) mass is 381 g/mol. The van der Waals surface area contributed by atoms with Crippen molar-refractivity contribution in [1.29, 1.82) is 0 Å². The predicted molar refractivity (Wildman–Crippen MR) is 92.8 cm³/mol. The van der Waals surface area contributed by atoms with E-state index in [1.165, 1.54) is 15.8 Å². The minimum atomic E-state index is -0.244. The van der Waals surface area contributed by atoms with Gasteiger partial charge in [-0.15, -0.1) is 22.7 Å². The number of halogens is 2. The predicted octanol–water partition coefficient (Wildman–Crippen LogP) is 6.11. The van der Waals surface area contributed by atoms with Gasteiger partial charge in [0.1, 0.15) is 5.82 Å². The lowest BCUT2D eigenvalue weighted by Crippen LogP contribution is -2.12. The van der Waals surface area contributed by atoms with Gasteiger partial charge in [-0.2, -0.15) is 0 Å². The average molecular weight is 382 g/mol. The van der Waals surface area contributed by atoms with Crippen molar-refractivity contribution in [1.82, 2.24) is 0 Å². The van der Waals surface area contributed by atoms with E-state index in [-0.39, 0.29) is 11.9 Å². The quantitative estimate of drug-likeness (QED) is 0.562. The molecule has 0 aliphatic carbocycles. The second kappa shape index (κ2) is 6.73. The highest BCUT2D eigenvalue weighted by Crippen LogP contribution is 2.30. The second-order valence-corrected chi connectivity index (χ2v) is 7.49. The fourth-order valence-electron chi connectivity index (χ4n) is 2.13. The number of hydrogen-bond acceptors (Lipinski definition) is 3. The lowest BCUT2D eigenvalue weighted by molar-refractivity contribution is 0.621. The number of anilines is 1. The maximum absolute atomic E-state index is 13.3. The van der Waals surface area contributed by atoms with Crippen LogP contribution in [0, 0.1) is 5.82 Å². The molecule has 0 spiro atoms. The van der Waals surface area contributed by atoms with Crippen LogP contribution in [0.1, 0.15) is 15.8 Å². The van der Waals surface area contributed by atoms with Crippen LogP contribution in [0.25, 0.3) is 0 Å². The Balaban J connectivity index is 1.83. The van der Waals surface area contributed by atoms with Crippen LogP contribution in [0.4, 0.5) is 10.1 Å². The van der Waals surface area contributed by atoms with Crippen LogP contribution in [-0.2, 0) is 6.42 Å². The second-order valence-electron chi connectivity index (χ2n) is 4.62. The minimum absolute atomic E-state index is 0.195. The van der Waals surface area contributed by atoms with E-state index < -0.39 is 0 Å². The summed E-state index contributed by atoms with van der Waals surface area (Å²) in [5.41, 5.74) is 0.915. The van der Waals surface area contributed by atoms with E-state index in [0.29, 0.717) is 4.47 Å². The molecular weight excluding hydrogens is 369 g/mol. The van der Waals surface area contributed by atoms with Gasteiger partial charge in [0.2, 0.25) is 0 Å². The molecule has 1 nitrogen and oxygen atoms in total. The van der Waals surface area contributed by atoms with E-state index >= 15 is 0 Å². The van der Waals surface area contributed by atoms with E-state index in [1.54, 1.807) is 34.8 Å². The summed E-state index contributed by atoms with van der Waals surface area (Å²) in [6, 6.07) is 13.6. The molecule has 0 aliphatic heterocycles. The molecule has 0 saturated heterocycles. The van der Waals surface area contributed by atoms with Gasteiger partial charge < -0.3 is 5.32 Å². The van der Waals surface area contributed by atoms with Gasteiger partial charge in [-0.1, -0.05) is 12.1 Å². The zero-order valence-corrected chi connectivity index (χ0v) is 14.3. The van der Waals surface area contributed by atoms with Crippen molar-refractivity contribution in [3.8, 4) is 0 Å². The Morgan fingerprint density at radius 1 is 1.10 bits per heavy atom. The van der Waals surface area contributed by atoms with Crippen molar-refractivity contribution >= 4 is 44.3 Å². The number of rotatable bonds is 5. The van der Waals surface area contributed by atoms with Crippen molar-refractivity contribution < 1.29 is 4.39 Å². The molecule has 2 heterocycles. The van der Waals surface area contributed by atoms with Crippen molar-refractivity contribution in [2.24, 2.45) is 0 Å². The number of thiophene rings is 2. The maximum atomic E-state index is 13.3. The normalized spacial score (nSPS) is 12.3. The molecule has 0 fully saturated rings. The molecule has 0 aliphatic rings. The van der Waals surface area contributed by atoms with Crippen LogP contribution in [-0.4, -0.2) is 0 Å². The largest absolute Gasteiger partial charge is 0.377 e. The Kier molecular flexibility index (Phi) is 4.73. The van der Waals surface area contributed by atoms with Gasteiger partial charge >= 0.3 is 0 Å². The third kappa shape index (κ3) is 3.73. The minimum Gasteiger partial charge on any atom is -0.377 e. The first-order valence-corrected chi connectivity index (χ1v) is 9.05. The Bertz CT molecular complexity index is 695. The zero-order valence-electron chi connectivity index (χ0n) is 11.1. The van der Waals surface area contributed by atoms with Crippen LogP contribution in [0.15, 0.2) is 57.7 Å². The van der Waals surface area contributed by atoms with Crippen LogP contribution in [0.2, 0.25) is 0 Å². The van der Waals surface area contributed by atoms with Crippen LogP contribution in [0.3, 0.4) is 0 Å². The first kappa shape index (κ1) is 14.8. The zero-order chi connectivity index (χ0) is 14.7. The van der Waals surface area contributed by atoms with Gasteiger partial charge in [0.15, 0.2) is 0 Å². The topological polar surface area (TPSA) is 12.0 Å². The van der Waals surface area contributed by atoms with Crippen molar-refractivity contribution in [2.75, 3.05) is 5.32 Å². The molecule has 1 aromatic carbocycles. The van der Waals surface area contributed by atoms with Crippen molar-refractivity contribution in [2.45, 2.75) is 12.5 Å². The molecule has 2 aromatic heterocycles. The Hall–Kier alpha value is -1.17. The van der Waals surface area contributed by atoms with Crippen LogP contribution < -0.4 is 5.32 Å². The fraction of sp³-hybridized carbons (Fsp3) is 0.125. The first-order valence-electron chi connectivity index (χ1n) is 6.50. The molecule has 21 heavy (non-hydrogen) atoms. The van der Waals surface area contributed by atoms with Gasteiger partial charge in [-0.05, 0) is 57.0 Å². The molecule has 108 valence electrons. The Labute approximate surface area is 139 Å². The summed E-state index contributed by atoms with van der Waals surface area (Å²) in [5, 5.41) is 7.68. The molecule has 3 rings (SSSR count). The molecule has 0 saturated carbocycles. The van der Waals surface area contributed by atoms with E-state index in [1.807, 2.05) is 0 Å². The highest BCUT2D eigenvalue weighted by molar-refractivity contribution is 9.10. The molecule has 0 bridgehead atoms. The Morgan fingerprint density at radius 3 is 2.57 bits per heavy atom. The fourth-order valence-corrected chi connectivity index (χ4v) is 4.04. The maximum Gasteiger partial charge on any atom is 0.137 e. The smallest absolute Gasteiger partial charge is 0.137 e. The first-order chi connectivity index (χ1) is 10.2. The highest BCUT2D eigenvalue weighted by Gasteiger charge is 2.14. The number of benzene rings is 1. The van der Waals surface area contributed by atoms with Gasteiger partial charge in [-0.25, -0.2) is 4.39 Å². The summed E-state index contributed by atoms with van der Waals surface area (Å²) in [4.78, 5) is 2.62. The molecule has 5 heteroatoms. The van der Waals surface area contributed by atoms with Crippen LogP contribution >= 0.6 is 38.6 Å². The average Bonchev–Trinajstić information content (AvgIpc) is 3.15. The summed E-state index contributed by atoms with van der Waals surface area (Å²) in [6.45, 7) is 0. The summed E-state index contributed by atoms with van der Waals surface area (Å²) in [7, 11) is 0. The lowest BCUT2D eigenvalue weighted by atomic mass is 10.1. The molecule has 0 radical (unpaired) electrons. The third-order valence-electron chi connectivity index (χ3n) is 3.13. The lowest BCUT2D eigenvalue weighted by Gasteiger charge is -2.18. The summed E-state index contributed by atoms with van der Waals surface area (Å²) >= 11 is 6.73. The van der Waals surface area contributed by atoms with E-state index in [4.69, 9.17) is 0 Å². The van der Waals surface area contributed by atoms with E-state index in [0.717, 1.165) is 12.1 Å². The third-order valence-corrected chi connectivity index (χ3v) is 5.62. The van der Waals surface area contributed by atoms with E-state index in [2.05, 4.69) is 56.3 Å². The summed E-state index contributed by atoms with van der Waals surface area (Å²) in [5.74, 6) is -0.244. The molecular formula is C16H13BrFNS2. The Morgan fingerprint density at radius 2 is 1.90 bits per heavy atom. The molecule has 1 N–H and O–H groups in total. The highest BCUT2D eigenvalue weighted by atomic mass is 79.9. The van der Waals surface area contributed by atoms with Crippen LogP contribution in [0.5, 0.6) is 0 Å². The van der Waals surface area contributed by atoms with Crippen molar-refractivity contribution in [3.63, 3.8) is 0 Å². The van der Waals surface area contributed by atoms with Gasteiger partial charge in [0.05, 0.1) is 10.5 Å². The van der Waals surface area contributed by atoms with Gasteiger partial charge in [-0.3, -0.25) is 0 Å². The molecule has 3 aromatic rings. The van der Waals surface area contributed by atoms with Crippen molar-refractivity contribution in [3.05, 3.63) is 73.3 Å². The molecule has 1 atom stereocenters. The van der Waals surface area contributed by atoms with E-state index in [9.17, 15) is 4.39 Å². The summed E-state index contributed by atoms with van der Waals surface area (Å²) < 4.78 is 13.8. The number of hydrogen-bond donors (Lipinski definition) is 1. The van der Waals surface area contributed by atoms with Gasteiger partial charge in [0.25, 0.3) is 0 Å². The van der Waals surface area contributed by atoms with Gasteiger partial charge in [0, 0.05) is 21.9 Å². The standard InChI is InChI=1S/C16H13BrFNS2/c17-13-9-11(5-6-14(13)18)19-15(16-4-2-8-21-16)10-12-3-1-7-20-12/h1-9,15,19H,10H2. The summed E-state index contributed by atoms with van der Waals surface area (Å²) in [6.07, 6.45) is 0.924. The number of nitrogens with one attached hydrogen (secondary N) is 1. The molecule has 1 unspecified atom stereocenters. The SMILES string of the molecule is Fc1ccc(NC(Cc2cccs2)c2cccs2)cc1Br. The molecule has 0 amide bonds.